The number of nitrogens with one attached hydrogen (secondary N) is 1. The van der Waals surface area contributed by atoms with Gasteiger partial charge in [-0.05, 0) is 17.5 Å². The van der Waals surface area contributed by atoms with E-state index in [1.807, 2.05) is 12.1 Å². The first-order valence-electron chi connectivity index (χ1n) is 5.91. The minimum absolute atomic E-state index is 0.0543. The van der Waals surface area contributed by atoms with Gasteiger partial charge in [0.15, 0.2) is 0 Å². The number of aliphatic hydroxyl groups is 1. The first kappa shape index (κ1) is 13.7. The number of nitrogens with two attached hydrogens (primary N) is 1. The Balaban J connectivity index is 2.44. The van der Waals surface area contributed by atoms with Crippen LogP contribution in [0.1, 0.15) is 24.5 Å². The van der Waals surface area contributed by atoms with Crippen molar-refractivity contribution in [3.63, 3.8) is 0 Å². The van der Waals surface area contributed by atoms with E-state index in [-0.39, 0.29) is 6.54 Å². The van der Waals surface area contributed by atoms with Crippen molar-refractivity contribution in [2.24, 2.45) is 5.73 Å². The number of amides is 1. The first-order valence-corrected chi connectivity index (χ1v) is 5.91. The summed E-state index contributed by atoms with van der Waals surface area (Å²) in [6.45, 7) is 2.51. The Morgan fingerprint density at radius 1 is 1.35 bits per heavy atom. The van der Waals surface area contributed by atoms with E-state index < -0.39 is 12.0 Å². The van der Waals surface area contributed by atoms with Gasteiger partial charge in [0.2, 0.25) is 5.91 Å². The van der Waals surface area contributed by atoms with E-state index in [1.54, 1.807) is 0 Å². The molecule has 4 N–H and O–H groups in total. The van der Waals surface area contributed by atoms with Gasteiger partial charge in [-0.2, -0.15) is 0 Å². The summed E-state index contributed by atoms with van der Waals surface area (Å²) >= 11 is 0. The van der Waals surface area contributed by atoms with E-state index in [1.165, 1.54) is 5.56 Å². The summed E-state index contributed by atoms with van der Waals surface area (Å²) in [5.41, 5.74) is 7.50. The first-order chi connectivity index (χ1) is 8.17. The van der Waals surface area contributed by atoms with Crippen LogP contribution in [-0.2, 0) is 17.8 Å². The fourth-order valence-corrected chi connectivity index (χ4v) is 1.53. The summed E-state index contributed by atoms with van der Waals surface area (Å²) in [6.07, 6.45) is 1.08. The molecular weight excluding hydrogens is 216 g/mol. The summed E-state index contributed by atoms with van der Waals surface area (Å²) < 4.78 is 0. The largest absolute Gasteiger partial charge is 0.382 e. The molecule has 0 aliphatic heterocycles. The molecule has 4 nitrogen and oxygen atoms in total. The number of rotatable bonds is 6. The maximum atomic E-state index is 11.3. The fraction of sp³-hybridized carbons (Fsp3) is 0.462. The number of aryl methyl sites for hydroxylation is 1. The van der Waals surface area contributed by atoms with Crippen molar-refractivity contribution in [3.8, 4) is 0 Å². The Morgan fingerprint density at radius 3 is 2.47 bits per heavy atom. The Hall–Kier alpha value is -1.39. The Bertz CT molecular complexity index is 349. The zero-order valence-corrected chi connectivity index (χ0v) is 10.1. The molecule has 0 aromatic heterocycles. The van der Waals surface area contributed by atoms with Gasteiger partial charge in [0.25, 0.3) is 0 Å². The van der Waals surface area contributed by atoms with Gasteiger partial charge in [0, 0.05) is 13.1 Å². The van der Waals surface area contributed by atoms with Crippen LogP contribution in [0.25, 0.3) is 0 Å². The Kier molecular flexibility index (Phi) is 5.66. The zero-order valence-electron chi connectivity index (χ0n) is 10.1. The number of hydrogen-bond donors (Lipinski definition) is 3. The van der Waals surface area contributed by atoms with E-state index in [0.717, 1.165) is 18.4 Å². The lowest BCUT2D eigenvalue weighted by Gasteiger charge is -2.09. The van der Waals surface area contributed by atoms with Gasteiger partial charge < -0.3 is 16.2 Å². The molecular formula is C13H20N2O2. The minimum Gasteiger partial charge on any atom is -0.382 e. The molecule has 0 spiro atoms. The molecule has 0 saturated carbocycles. The van der Waals surface area contributed by atoms with Crippen LogP contribution in [-0.4, -0.2) is 23.7 Å². The number of hydrogen-bond acceptors (Lipinski definition) is 3. The maximum Gasteiger partial charge on any atom is 0.250 e. The number of carbonyl (C=O) groups excluding carboxylic acids is 1. The van der Waals surface area contributed by atoms with Gasteiger partial charge in [0.05, 0.1) is 0 Å². The molecule has 1 unspecified atom stereocenters. The molecule has 0 aliphatic rings. The predicted molar refractivity (Wildman–Crippen MR) is 67.3 cm³/mol. The SMILES string of the molecule is CCCc1ccc(CNC(=O)C(O)CN)cc1. The average molecular weight is 236 g/mol. The van der Waals surface area contributed by atoms with Crippen molar-refractivity contribution in [1.82, 2.24) is 5.32 Å². The van der Waals surface area contributed by atoms with Gasteiger partial charge >= 0.3 is 0 Å². The van der Waals surface area contributed by atoms with E-state index >= 15 is 0 Å². The second-order valence-corrected chi connectivity index (χ2v) is 4.04. The van der Waals surface area contributed by atoms with Crippen LogP contribution in [0.5, 0.6) is 0 Å². The third-order valence-electron chi connectivity index (χ3n) is 2.55. The van der Waals surface area contributed by atoms with E-state index in [0.29, 0.717) is 6.54 Å². The smallest absolute Gasteiger partial charge is 0.250 e. The molecule has 94 valence electrons. The lowest BCUT2D eigenvalue weighted by atomic mass is 10.1. The third kappa shape index (κ3) is 4.54. The number of carbonyl (C=O) groups is 1. The molecule has 0 heterocycles. The monoisotopic (exact) mass is 236 g/mol. The summed E-state index contributed by atoms with van der Waals surface area (Å²) in [4.78, 5) is 11.3. The van der Waals surface area contributed by atoms with Crippen LogP contribution in [0.4, 0.5) is 0 Å². The maximum absolute atomic E-state index is 11.3. The van der Waals surface area contributed by atoms with Crippen LogP contribution in [0.3, 0.4) is 0 Å². The van der Waals surface area contributed by atoms with Crippen molar-refractivity contribution in [2.75, 3.05) is 6.54 Å². The highest BCUT2D eigenvalue weighted by Crippen LogP contribution is 2.06. The second-order valence-electron chi connectivity index (χ2n) is 4.04. The van der Waals surface area contributed by atoms with Crippen LogP contribution in [0.2, 0.25) is 0 Å². The van der Waals surface area contributed by atoms with E-state index in [9.17, 15) is 9.90 Å². The number of benzene rings is 1. The molecule has 1 amide bonds. The van der Waals surface area contributed by atoms with Crippen molar-refractivity contribution in [2.45, 2.75) is 32.4 Å². The van der Waals surface area contributed by atoms with Gasteiger partial charge in [-0.15, -0.1) is 0 Å². The minimum atomic E-state index is -1.12. The predicted octanol–water partition coefficient (Wildman–Crippen LogP) is 0.575. The highest BCUT2D eigenvalue weighted by atomic mass is 16.3. The highest BCUT2D eigenvalue weighted by molar-refractivity contribution is 5.80. The summed E-state index contributed by atoms with van der Waals surface area (Å²) in [5.74, 6) is -0.426. The van der Waals surface area contributed by atoms with Crippen molar-refractivity contribution in [3.05, 3.63) is 35.4 Å². The van der Waals surface area contributed by atoms with Gasteiger partial charge in [-0.3, -0.25) is 4.79 Å². The lowest BCUT2D eigenvalue weighted by molar-refractivity contribution is -0.128. The van der Waals surface area contributed by atoms with Gasteiger partial charge in [0.1, 0.15) is 6.10 Å². The van der Waals surface area contributed by atoms with Crippen LogP contribution in [0, 0.1) is 0 Å². The summed E-state index contributed by atoms with van der Waals surface area (Å²) in [7, 11) is 0. The Labute approximate surface area is 102 Å². The van der Waals surface area contributed by atoms with E-state index in [4.69, 9.17) is 5.73 Å². The Morgan fingerprint density at radius 2 is 1.94 bits per heavy atom. The molecule has 4 heteroatoms. The quantitative estimate of drug-likeness (QED) is 0.676. The molecule has 1 atom stereocenters. The molecule has 1 aromatic carbocycles. The molecule has 1 aromatic rings. The van der Waals surface area contributed by atoms with Crippen molar-refractivity contribution < 1.29 is 9.90 Å². The van der Waals surface area contributed by atoms with Gasteiger partial charge in [-0.1, -0.05) is 37.6 Å². The third-order valence-corrected chi connectivity index (χ3v) is 2.55. The van der Waals surface area contributed by atoms with Crippen LogP contribution >= 0.6 is 0 Å². The second kappa shape index (κ2) is 7.04. The number of aliphatic hydroxyl groups excluding tert-OH is 1. The van der Waals surface area contributed by atoms with Crippen molar-refractivity contribution in [1.29, 1.82) is 0 Å². The molecule has 0 radical (unpaired) electrons. The van der Waals surface area contributed by atoms with E-state index in [2.05, 4.69) is 24.4 Å². The topological polar surface area (TPSA) is 75.3 Å². The standard InChI is InChI=1S/C13H20N2O2/c1-2-3-10-4-6-11(7-5-10)9-15-13(17)12(16)8-14/h4-7,12,16H,2-3,8-9,14H2,1H3,(H,15,17). The van der Waals surface area contributed by atoms with Gasteiger partial charge in [-0.25, -0.2) is 0 Å². The molecule has 0 bridgehead atoms. The molecule has 17 heavy (non-hydrogen) atoms. The zero-order chi connectivity index (χ0) is 12.7. The highest BCUT2D eigenvalue weighted by Gasteiger charge is 2.11. The summed E-state index contributed by atoms with van der Waals surface area (Å²) in [6, 6.07) is 8.09. The summed E-state index contributed by atoms with van der Waals surface area (Å²) in [5, 5.41) is 11.8. The van der Waals surface area contributed by atoms with Crippen LogP contribution in [0.15, 0.2) is 24.3 Å². The molecule has 1 rings (SSSR count). The average Bonchev–Trinajstić information content (AvgIpc) is 2.37. The molecule has 0 fully saturated rings. The van der Waals surface area contributed by atoms with Crippen molar-refractivity contribution >= 4 is 5.91 Å². The molecule has 0 saturated heterocycles. The lowest BCUT2D eigenvalue weighted by Crippen LogP contribution is -2.38. The normalized spacial score (nSPS) is 12.2. The fourth-order valence-electron chi connectivity index (χ4n) is 1.53. The molecule has 0 aliphatic carbocycles. The van der Waals surface area contributed by atoms with Crippen LogP contribution < -0.4 is 11.1 Å².